The van der Waals surface area contributed by atoms with Crippen LogP contribution >= 0.6 is 0 Å². The van der Waals surface area contributed by atoms with Crippen LogP contribution in [0, 0.1) is 11.8 Å². The molecule has 0 aliphatic heterocycles. The maximum Gasteiger partial charge on any atom is 0.0787 e. The SMILES string of the molecule is CO/C=C/C/C(=C\CC1CCCCCC1)C1CCCCCC1. The molecule has 126 valence electrons. The van der Waals surface area contributed by atoms with Gasteiger partial charge < -0.3 is 4.74 Å². The summed E-state index contributed by atoms with van der Waals surface area (Å²) < 4.78 is 5.11. The van der Waals surface area contributed by atoms with Crippen LogP contribution in [0.4, 0.5) is 0 Å². The fourth-order valence-corrected chi connectivity index (χ4v) is 4.26. The molecule has 0 aromatic carbocycles. The number of ether oxygens (including phenoxy) is 1. The molecule has 0 radical (unpaired) electrons. The van der Waals surface area contributed by atoms with Crippen molar-refractivity contribution in [3.8, 4) is 0 Å². The average molecular weight is 305 g/mol. The Morgan fingerprint density at radius 3 is 2.05 bits per heavy atom. The highest BCUT2D eigenvalue weighted by Crippen LogP contribution is 2.33. The predicted molar refractivity (Wildman–Crippen MR) is 95.9 cm³/mol. The highest BCUT2D eigenvalue weighted by Gasteiger charge is 2.17. The highest BCUT2D eigenvalue weighted by atomic mass is 16.5. The van der Waals surface area contributed by atoms with Crippen LogP contribution in [0.2, 0.25) is 0 Å². The van der Waals surface area contributed by atoms with Gasteiger partial charge in [0.05, 0.1) is 13.4 Å². The van der Waals surface area contributed by atoms with Crippen molar-refractivity contribution in [3.63, 3.8) is 0 Å². The monoisotopic (exact) mass is 304 g/mol. The summed E-state index contributed by atoms with van der Waals surface area (Å²) in [4.78, 5) is 0. The second kappa shape index (κ2) is 10.9. The maximum absolute atomic E-state index is 5.11. The van der Waals surface area contributed by atoms with Gasteiger partial charge in [-0.3, -0.25) is 0 Å². The van der Waals surface area contributed by atoms with Gasteiger partial charge in [0.1, 0.15) is 0 Å². The van der Waals surface area contributed by atoms with Gasteiger partial charge in [-0.05, 0) is 43.6 Å². The zero-order chi connectivity index (χ0) is 15.5. The largest absolute Gasteiger partial charge is 0.505 e. The first kappa shape index (κ1) is 17.6. The molecule has 2 rings (SSSR count). The van der Waals surface area contributed by atoms with Crippen LogP contribution in [-0.2, 0) is 4.74 Å². The molecule has 0 heterocycles. The number of hydrogen-bond acceptors (Lipinski definition) is 1. The van der Waals surface area contributed by atoms with Crippen molar-refractivity contribution in [2.24, 2.45) is 11.8 Å². The van der Waals surface area contributed by atoms with E-state index < -0.39 is 0 Å². The van der Waals surface area contributed by atoms with Crippen LogP contribution in [0.15, 0.2) is 24.0 Å². The Kier molecular flexibility index (Phi) is 8.75. The van der Waals surface area contributed by atoms with Crippen molar-refractivity contribution >= 4 is 0 Å². The van der Waals surface area contributed by atoms with Crippen molar-refractivity contribution in [1.29, 1.82) is 0 Å². The molecule has 1 heteroatoms. The summed E-state index contributed by atoms with van der Waals surface area (Å²) in [6.07, 6.45) is 26.5. The summed E-state index contributed by atoms with van der Waals surface area (Å²) in [5.74, 6) is 1.80. The second-order valence-electron chi connectivity index (χ2n) is 7.37. The topological polar surface area (TPSA) is 9.23 Å². The molecule has 0 N–H and O–H groups in total. The van der Waals surface area contributed by atoms with Gasteiger partial charge in [-0.15, -0.1) is 0 Å². The minimum absolute atomic E-state index is 0.842. The number of hydrogen-bond donors (Lipinski definition) is 0. The summed E-state index contributed by atoms with van der Waals surface area (Å²) in [6, 6.07) is 0. The molecule has 0 amide bonds. The van der Waals surface area contributed by atoms with E-state index in [0.29, 0.717) is 0 Å². The minimum Gasteiger partial charge on any atom is -0.505 e. The van der Waals surface area contributed by atoms with Crippen molar-refractivity contribution in [2.45, 2.75) is 89.9 Å². The van der Waals surface area contributed by atoms with E-state index in [1.807, 2.05) is 6.26 Å². The van der Waals surface area contributed by atoms with Gasteiger partial charge >= 0.3 is 0 Å². The molecule has 1 nitrogen and oxygen atoms in total. The minimum atomic E-state index is 0.842. The van der Waals surface area contributed by atoms with Gasteiger partial charge in [-0.2, -0.15) is 0 Å². The predicted octanol–water partition coefficient (Wildman–Crippen LogP) is 6.79. The first-order valence-electron chi connectivity index (χ1n) is 9.77. The summed E-state index contributed by atoms with van der Waals surface area (Å²) >= 11 is 0. The smallest absolute Gasteiger partial charge is 0.0787 e. The summed E-state index contributed by atoms with van der Waals surface area (Å²) in [6.45, 7) is 0. The lowest BCUT2D eigenvalue weighted by Gasteiger charge is -2.19. The Morgan fingerprint density at radius 2 is 1.45 bits per heavy atom. The Hall–Kier alpha value is -0.720. The van der Waals surface area contributed by atoms with Crippen molar-refractivity contribution < 1.29 is 4.74 Å². The molecule has 0 saturated heterocycles. The third-order valence-electron chi connectivity index (χ3n) is 5.65. The van der Waals surface area contributed by atoms with E-state index in [1.165, 1.54) is 83.5 Å². The molecule has 0 unspecified atom stereocenters. The van der Waals surface area contributed by atoms with Gasteiger partial charge in [-0.1, -0.05) is 75.9 Å². The van der Waals surface area contributed by atoms with E-state index in [2.05, 4.69) is 12.2 Å². The standard InChI is InChI=1S/C21H36O/c1-22-18-10-15-21(20-13-8-4-5-9-14-20)17-16-19-11-6-2-3-7-12-19/h10,17-20H,2-9,11-16H2,1H3/b18-10+,21-17+. The maximum atomic E-state index is 5.11. The summed E-state index contributed by atoms with van der Waals surface area (Å²) in [5, 5.41) is 0. The molecule has 0 atom stereocenters. The molecule has 2 saturated carbocycles. The van der Waals surface area contributed by atoms with Crippen LogP contribution in [0.1, 0.15) is 89.9 Å². The van der Waals surface area contributed by atoms with Crippen LogP contribution in [0.3, 0.4) is 0 Å². The van der Waals surface area contributed by atoms with E-state index in [1.54, 1.807) is 12.7 Å². The van der Waals surface area contributed by atoms with Crippen LogP contribution in [0.5, 0.6) is 0 Å². The average Bonchev–Trinajstić information content (AvgIpc) is 2.95. The lowest BCUT2D eigenvalue weighted by Crippen LogP contribution is -2.05. The van der Waals surface area contributed by atoms with Crippen LogP contribution in [0.25, 0.3) is 0 Å². The molecule has 0 spiro atoms. The third-order valence-corrected chi connectivity index (χ3v) is 5.65. The Bertz CT molecular complexity index is 326. The van der Waals surface area contributed by atoms with Gasteiger partial charge in [0.25, 0.3) is 0 Å². The Morgan fingerprint density at radius 1 is 0.864 bits per heavy atom. The van der Waals surface area contributed by atoms with E-state index in [0.717, 1.165) is 18.3 Å². The zero-order valence-corrected chi connectivity index (χ0v) is 14.7. The second-order valence-corrected chi connectivity index (χ2v) is 7.37. The van der Waals surface area contributed by atoms with E-state index >= 15 is 0 Å². The first-order chi connectivity index (χ1) is 10.9. The molecule has 2 aliphatic carbocycles. The molecule has 2 aliphatic rings. The molecule has 2 fully saturated rings. The van der Waals surface area contributed by atoms with Gasteiger partial charge in [-0.25, -0.2) is 0 Å². The highest BCUT2D eigenvalue weighted by molar-refractivity contribution is 5.12. The van der Waals surface area contributed by atoms with Crippen molar-refractivity contribution in [3.05, 3.63) is 24.0 Å². The Balaban J connectivity index is 1.94. The normalized spacial score (nSPS) is 23.4. The molecule has 0 aromatic rings. The number of rotatable bonds is 6. The zero-order valence-electron chi connectivity index (χ0n) is 14.7. The van der Waals surface area contributed by atoms with Gasteiger partial charge in [0.2, 0.25) is 0 Å². The lowest BCUT2D eigenvalue weighted by molar-refractivity contribution is 0.336. The van der Waals surface area contributed by atoms with Crippen LogP contribution in [-0.4, -0.2) is 7.11 Å². The van der Waals surface area contributed by atoms with Crippen LogP contribution < -0.4 is 0 Å². The number of methoxy groups -OCH3 is 1. The molecule has 22 heavy (non-hydrogen) atoms. The van der Waals surface area contributed by atoms with Crippen molar-refractivity contribution in [2.75, 3.05) is 7.11 Å². The van der Waals surface area contributed by atoms with Crippen molar-refractivity contribution in [1.82, 2.24) is 0 Å². The van der Waals surface area contributed by atoms with E-state index in [4.69, 9.17) is 4.74 Å². The van der Waals surface area contributed by atoms with Gasteiger partial charge in [0, 0.05) is 0 Å². The molecular formula is C21H36O. The van der Waals surface area contributed by atoms with E-state index in [9.17, 15) is 0 Å². The fourth-order valence-electron chi connectivity index (χ4n) is 4.26. The van der Waals surface area contributed by atoms with E-state index in [-0.39, 0.29) is 0 Å². The first-order valence-corrected chi connectivity index (χ1v) is 9.77. The quantitative estimate of drug-likeness (QED) is 0.298. The third kappa shape index (κ3) is 6.58. The Labute approximate surface area is 138 Å². The molecule has 0 bridgehead atoms. The summed E-state index contributed by atoms with van der Waals surface area (Å²) in [5.41, 5.74) is 1.71. The molecular weight excluding hydrogens is 268 g/mol. The summed E-state index contributed by atoms with van der Waals surface area (Å²) in [7, 11) is 1.75. The fraction of sp³-hybridized carbons (Fsp3) is 0.810. The molecule has 0 aromatic heterocycles. The lowest BCUT2D eigenvalue weighted by atomic mass is 9.86. The number of allylic oxidation sites excluding steroid dienone is 3. The van der Waals surface area contributed by atoms with Gasteiger partial charge in [0.15, 0.2) is 0 Å².